The topological polar surface area (TPSA) is 159 Å². The predicted molar refractivity (Wildman–Crippen MR) is 137 cm³/mol. The van der Waals surface area contributed by atoms with Gasteiger partial charge in [-0.3, -0.25) is 19.5 Å². The number of aryl methyl sites for hydroxylation is 1. The average Bonchev–Trinajstić information content (AvgIpc) is 3.68. The number of halogens is 1. The molecule has 13 heteroatoms. The molecule has 1 aliphatic rings. The number of para-hydroxylation sites is 1. The molecule has 1 atom stereocenters. The molecule has 0 fully saturated rings. The molecule has 2 aromatic heterocycles. The average molecular weight is 545 g/mol. The number of anilines is 1. The Kier molecular flexibility index (Phi) is 5.62. The third-order valence-corrected chi connectivity index (χ3v) is 8.60. The molecule has 0 radical (unpaired) electrons. The number of nitriles is 1. The van der Waals surface area contributed by atoms with Gasteiger partial charge < -0.3 is 4.42 Å². The standard InChI is InChI=1S/C26H17FN6O5S/c27-19-10-15(12-28)9-16-5-8-22(25(16)19)32(39(36,37)24-4-2-1-3-21(24)33(34)35)17-6-7-20-18(11-17)26(31-30-20)23-13-29-14-38-23/h1-4,6-7,9-11,13-14,22H,5,8H2,(H,30,31). The molecule has 39 heavy (non-hydrogen) atoms. The number of hydrogen-bond acceptors (Lipinski definition) is 8. The van der Waals surface area contributed by atoms with E-state index in [4.69, 9.17) is 4.42 Å². The maximum atomic E-state index is 15.4. The van der Waals surface area contributed by atoms with Gasteiger partial charge in [-0.1, -0.05) is 12.1 Å². The zero-order valence-corrected chi connectivity index (χ0v) is 20.7. The van der Waals surface area contributed by atoms with Crippen molar-refractivity contribution >= 4 is 32.3 Å². The first-order valence-electron chi connectivity index (χ1n) is 11.7. The number of oxazole rings is 1. The van der Waals surface area contributed by atoms with E-state index in [0.717, 1.165) is 22.5 Å². The van der Waals surface area contributed by atoms with Crippen molar-refractivity contribution in [2.45, 2.75) is 23.8 Å². The number of sulfonamides is 1. The summed E-state index contributed by atoms with van der Waals surface area (Å²) in [6.45, 7) is 0. The van der Waals surface area contributed by atoms with Crippen molar-refractivity contribution in [2.24, 2.45) is 0 Å². The van der Waals surface area contributed by atoms with Crippen LogP contribution in [0.5, 0.6) is 0 Å². The van der Waals surface area contributed by atoms with E-state index in [1.54, 1.807) is 12.1 Å². The second-order valence-electron chi connectivity index (χ2n) is 8.89. The van der Waals surface area contributed by atoms with Crippen LogP contribution in [0.2, 0.25) is 0 Å². The summed E-state index contributed by atoms with van der Waals surface area (Å²) in [5, 5.41) is 28.7. The molecule has 0 saturated heterocycles. The Labute approximate surface area is 220 Å². The highest BCUT2D eigenvalue weighted by Crippen LogP contribution is 2.45. The zero-order valence-electron chi connectivity index (χ0n) is 19.9. The molecule has 0 saturated carbocycles. The molecule has 1 unspecified atom stereocenters. The van der Waals surface area contributed by atoms with Crippen LogP contribution in [0.25, 0.3) is 22.4 Å². The fourth-order valence-electron chi connectivity index (χ4n) is 5.07. The maximum absolute atomic E-state index is 15.4. The van der Waals surface area contributed by atoms with Crippen molar-refractivity contribution in [3.63, 3.8) is 0 Å². The molecular weight excluding hydrogens is 527 g/mol. The van der Waals surface area contributed by atoms with E-state index in [9.17, 15) is 23.8 Å². The molecule has 3 aromatic carbocycles. The van der Waals surface area contributed by atoms with Gasteiger partial charge in [0.1, 0.15) is 11.5 Å². The van der Waals surface area contributed by atoms with Crippen molar-refractivity contribution < 1.29 is 22.1 Å². The first kappa shape index (κ1) is 24.3. The molecule has 0 aliphatic heterocycles. The Morgan fingerprint density at radius 1 is 1.21 bits per heavy atom. The number of fused-ring (bicyclic) bond motifs is 2. The molecular formula is C26H17FN6O5S. The van der Waals surface area contributed by atoms with E-state index in [1.165, 1.54) is 36.9 Å². The third-order valence-electron chi connectivity index (χ3n) is 6.71. The van der Waals surface area contributed by atoms with Crippen LogP contribution in [0.15, 0.2) is 76.5 Å². The third kappa shape index (κ3) is 3.89. The van der Waals surface area contributed by atoms with E-state index < -0.39 is 37.4 Å². The lowest BCUT2D eigenvalue weighted by atomic mass is 10.0. The number of H-pyrrole nitrogens is 1. The number of aromatic nitrogens is 3. The second kappa shape index (κ2) is 9.03. The van der Waals surface area contributed by atoms with Crippen LogP contribution in [-0.4, -0.2) is 28.5 Å². The van der Waals surface area contributed by atoms with Gasteiger partial charge in [0, 0.05) is 17.0 Å². The maximum Gasteiger partial charge on any atom is 0.289 e. The molecule has 6 rings (SSSR count). The van der Waals surface area contributed by atoms with Gasteiger partial charge in [-0.15, -0.1) is 0 Å². The van der Waals surface area contributed by atoms with E-state index in [-0.39, 0.29) is 23.2 Å². The van der Waals surface area contributed by atoms with E-state index in [2.05, 4.69) is 15.2 Å². The fraction of sp³-hybridized carbons (Fsp3) is 0.115. The van der Waals surface area contributed by atoms with Gasteiger partial charge in [0.05, 0.1) is 40.0 Å². The number of nitro groups is 1. The van der Waals surface area contributed by atoms with Crippen molar-refractivity contribution in [3.8, 4) is 17.5 Å². The summed E-state index contributed by atoms with van der Waals surface area (Å²) in [5.41, 5.74) is 1.24. The van der Waals surface area contributed by atoms with Crippen LogP contribution in [-0.2, 0) is 16.4 Å². The minimum Gasteiger partial charge on any atom is -0.442 e. The Balaban J connectivity index is 1.60. The molecule has 5 aromatic rings. The van der Waals surface area contributed by atoms with Crippen molar-refractivity contribution in [2.75, 3.05) is 4.31 Å². The fourth-order valence-corrected chi connectivity index (χ4v) is 6.87. The van der Waals surface area contributed by atoms with Gasteiger partial charge in [-0.25, -0.2) is 17.8 Å². The summed E-state index contributed by atoms with van der Waals surface area (Å²) in [6.07, 6.45) is 3.20. The molecule has 0 spiro atoms. The van der Waals surface area contributed by atoms with Gasteiger partial charge in [0.25, 0.3) is 15.7 Å². The van der Waals surface area contributed by atoms with Crippen molar-refractivity contribution in [1.29, 1.82) is 5.26 Å². The SMILES string of the molecule is N#Cc1cc(F)c2c(c1)CCC2N(c1ccc2[nH]nc(-c3cnco3)c2c1)S(=O)(=O)c1ccccc1[N+](=O)[O-]. The van der Waals surface area contributed by atoms with Crippen LogP contribution in [0.1, 0.15) is 29.2 Å². The molecule has 0 amide bonds. The number of nitrogens with one attached hydrogen (secondary N) is 1. The van der Waals surface area contributed by atoms with Crippen molar-refractivity contribution in [1.82, 2.24) is 15.2 Å². The Morgan fingerprint density at radius 2 is 2.03 bits per heavy atom. The molecule has 194 valence electrons. The number of nitro benzene ring substituents is 1. The minimum atomic E-state index is -4.61. The van der Waals surface area contributed by atoms with Gasteiger partial charge in [0.15, 0.2) is 17.0 Å². The second-order valence-corrected chi connectivity index (χ2v) is 10.7. The van der Waals surface area contributed by atoms with Gasteiger partial charge in [0.2, 0.25) is 0 Å². The molecule has 2 heterocycles. The summed E-state index contributed by atoms with van der Waals surface area (Å²) in [6, 6.07) is 13.2. The van der Waals surface area contributed by atoms with Gasteiger partial charge >= 0.3 is 0 Å². The lowest BCUT2D eigenvalue weighted by Crippen LogP contribution is -2.35. The molecule has 1 N–H and O–H groups in total. The number of hydrogen-bond donors (Lipinski definition) is 1. The van der Waals surface area contributed by atoms with E-state index in [0.29, 0.717) is 34.3 Å². The normalized spacial score (nSPS) is 14.7. The Morgan fingerprint density at radius 3 is 2.77 bits per heavy atom. The first-order valence-corrected chi connectivity index (χ1v) is 13.1. The summed E-state index contributed by atoms with van der Waals surface area (Å²) >= 11 is 0. The van der Waals surface area contributed by atoms with Crippen LogP contribution in [0.4, 0.5) is 15.8 Å². The van der Waals surface area contributed by atoms with Crippen LogP contribution in [0.3, 0.4) is 0 Å². The molecule has 0 bridgehead atoms. The first-order chi connectivity index (χ1) is 18.8. The van der Waals surface area contributed by atoms with Crippen LogP contribution >= 0.6 is 0 Å². The summed E-state index contributed by atoms with van der Waals surface area (Å²) in [7, 11) is -4.61. The lowest BCUT2D eigenvalue weighted by molar-refractivity contribution is -0.387. The van der Waals surface area contributed by atoms with E-state index >= 15 is 4.39 Å². The summed E-state index contributed by atoms with van der Waals surface area (Å²) in [5.74, 6) is -0.381. The smallest absolute Gasteiger partial charge is 0.289 e. The number of aromatic amines is 1. The largest absolute Gasteiger partial charge is 0.442 e. The highest BCUT2D eigenvalue weighted by Gasteiger charge is 2.41. The highest BCUT2D eigenvalue weighted by molar-refractivity contribution is 7.93. The van der Waals surface area contributed by atoms with E-state index in [1.807, 2.05) is 6.07 Å². The minimum absolute atomic E-state index is 0.122. The Bertz CT molecular complexity index is 1910. The molecule has 11 nitrogen and oxygen atoms in total. The number of nitrogens with zero attached hydrogens (tertiary/aromatic N) is 5. The quantitative estimate of drug-likeness (QED) is 0.230. The Hall–Kier alpha value is -5.09. The zero-order chi connectivity index (χ0) is 27.3. The summed E-state index contributed by atoms with van der Waals surface area (Å²) < 4.78 is 50.3. The lowest BCUT2D eigenvalue weighted by Gasteiger charge is -2.31. The number of rotatable bonds is 6. The highest BCUT2D eigenvalue weighted by atomic mass is 32.2. The van der Waals surface area contributed by atoms with Gasteiger partial charge in [-0.05, 0) is 54.8 Å². The van der Waals surface area contributed by atoms with Crippen molar-refractivity contribution in [3.05, 3.63) is 99.8 Å². The monoisotopic (exact) mass is 544 g/mol. The van der Waals surface area contributed by atoms with Crippen LogP contribution < -0.4 is 4.31 Å². The predicted octanol–water partition coefficient (Wildman–Crippen LogP) is 5.02. The molecule has 1 aliphatic carbocycles. The summed E-state index contributed by atoms with van der Waals surface area (Å²) in [4.78, 5) is 14.4. The van der Waals surface area contributed by atoms with Crippen LogP contribution in [0, 0.1) is 27.3 Å². The van der Waals surface area contributed by atoms with Gasteiger partial charge in [-0.2, -0.15) is 10.4 Å². The number of benzene rings is 3.